The van der Waals surface area contributed by atoms with Crippen molar-refractivity contribution >= 4 is 17.5 Å². The molecule has 1 atom stereocenters. The zero-order valence-corrected chi connectivity index (χ0v) is 14.2. The average molecular weight is 340 g/mol. The smallest absolute Gasteiger partial charge is 0.228 e. The van der Waals surface area contributed by atoms with Crippen molar-refractivity contribution < 1.29 is 19.1 Å². The first-order valence-corrected chi connectivity index (χ1v) is 7.99. The number of nitrogens with one attached hydrogen (secondary N) is 2. The zero-order chi connectivity index (χ0) is 17.8. The van der Waals surface area contributed by atoms with E-state index in [1.54, 1.807) is 26.4 Å². The van der Waals surface area contributed by atoms with Gasteiger partial charge in [0.05, 0.1) is 20.1 Å². The van der Waals surface area contributed by atoms with Gasteiger partial charge in [-0.05, 0) is 23.8 Å². The van der Waals surface area contributed by atoms with Crippen LogP contribution in [-0.2, 0) is 16.1 Å². The van der Waals surface area contributed by atoms with Gasteiger partial charge in [-0.15, -0.1) is 0 Å². The number of hydrogen-bond acceptors (Lipinski definition) is 4. The lowest BCUT2D eigenvalue weighted by molar-refractivity contribution is -0.126. The summed E-state index contributed by atoms with van der Waals surface area (Å²) in [6.07, 6.45) is 0.141. The number of benzene rings is 2. The van der Waals surface area contributed by atoms with Gasteiger partial charge in [0.1, 0.15) is 11.5 Å². The Morgan fingerprint density at radius 2 is 2.00 bits per heavy atom. The number of methoxy groups -OCH3 is 2. The van der Waals surface area contributed by atoms with E-state index in [2.05, 4.69) is 10.6 Å². The number of ether oxygens (including phenoxy) is 2. The lowest BCUT2D eigenvalue weighted by atomic mass is 9.90. The van der Waals surface area contributed by atoms with E-state index >= 15 is 0 Å². The minimum absolute atomic E-state index is 0.141. The molecule has 3 rings (SSSR count). The highest BCUT2D eigenvalue weighted by Gasteiger charge is 2.30. The van der Waals surface area contributed by atoms with Crippen LogP contribution in [0.5, 0.6) is 11.5 Å². The Kier molecular flexibility index (Phi) is 4.88. The molecular formula is C19H20N2O4. The van der Waals surface area contributed by atoms with Crippen LogP contribution in [0.3, 0.4) is 0 Å². The van der Waals surface area contributed by atoms with E-state index in [0.29, 0.717) is 23.7 Å². The number of para-hydroxylation sites is 1. The number of fused-ring (bicyclic) bond motifs is 1. The van der Waals surface area contributed by atoms with Gasteiger partial charge in [-0.1, -0.05) is 18.2 Å². The van der Waals surface area contributed by atoms with Gasteiger partial charge in [0, 0.05) is 30.3 Å². The molecule has 0 aliphatic carbocycles. The summed E-state index contributed by atoms with van der Waals surface area (Å²) >= 11 is 0. The fraction of sp³-hybridized carbons (Fsp3) is 0.263. The Balaban J connectivity index is 1.74. The second kappa shape index (κ2) is 7.25. The maximum absolute atomic E-state index is 12.6. The van der Waals surface area contributed by atoms with Crippen molar-refractivity contribution in [3.8, 4) is 11.5 Å². The Morgan fingerprint density at radius 3 is 2.76 bits per heavy atom. The van der Waals surface area contributed by atoms with Crippen molar-refractivity contribution in [2.24, 2.45) is 0 Å². The van der Waals surface area contributed by atoms with Crippen LogP contribution in [-0.4, -0.2) is 26.0 Å². The van der Waals surface area contributed by atoms with E-state index in [4.69, 9.17) is 9.47 Å². The van der Waals surface area contributed by atoms with Crippen LogP contribution in [0.15, 0.2) is 42.5 Å². The summed E-state index contributed by atoms with van der Waals surface area (Å²) in [6.45, 7) is 0.312. The third kappa shape index (κ3) is 3.57. The van der Waals surface area contributed by atoms with Crippen molar-refractivity contribution in [3.63, 3.8) is 0 Å². The van der Waals surface area contributed by atoms with Crippen molar-refractivity contribution in [2.45, 2.75) is 18.9 Å². The minimum Gasteiger partial charge on any atom is -0.497 e. The molecule has 0 aromatic heterocycles. The normalized spacial score (nSPS) is 15.8. The Bertz CT molecular complexity index is 804. The highest BCUT2D eigenvalue weighted by atomic mass is 16.5. The molecule has 6 nitrogen and oxygen atoms in total. The molecule has 1 heterocycles. The molecule has 0 fully saturated rings. The fourth-order valence-electron chi connectivity index (χ4n) is 2.95. The predicted octanol–water partition coefficient (Wildman–Crippen LogP) is 2.45. The molecule has 25 heavy (non-hydrogen) atoms. The molecule has 130 valence electrons. The first kappa shape index (κ1) is 16.8. The maximum Gasteiger partial charge on any atom is 0.228 e. The van der Waals surface area contributed by atoms with Gasteiger partial charge in [-0.3, -0.25) is 9.59 Å². The number of hydrogen-bond donors (Lipinski definition) is 2. The molecule has 2 amide bonds. The molecule has 0 spiro atoms. The summed E-state index contributed by atoms with van der Waals surface area (Å²) in [5.41, 5.74) is 2.37. The molecule has 0 radical (unpaired) electrons. The molecule has 2 aromatic carbocycles. The van der Waals surface area contributed by atoms with Crippen LogP contribution in [0.4, 0.5) is 5.69 Å². The summed E-state index contributed by atoms with van der Waals surface area (Å²) < 4.78 is 10.5. The fourth-order valence-corrected chi connectivity index (χ4v) is 2.95. The van der Waals surface area contributed by atoms with Crippen molar-refractivity contribution in [2.75, 3.05) is 19.5 Å². The van der Waals surface area contributed by atoms with E-state index in [1.165, 1.54) is 0 Å². The molecule has 0 unspecified atom stereocenters. The van der Waals surface area contributed by atoms with Crippen LogP contribution >= 0.6 is 0 Å². The maximum atomic E-state index is 12.6. The van der Waals surface area contributed by atoms with Gasteiger partial charge in [-0.2, -0.15) is 0 Å². The molecule has 0 saturated heterocycles. The van der Waals surface area contributed by atoms with E-state index in [9.17, 15) is 9.59 Å². The summed E-state index contributed by atoms with van der Waals surface area (Å²) in [4.78, 5) is 24.5. The molecule has 1 aliphatic rings. The first-order valence-electron chi connectivity index (χ1n) is 7.99. The molecule has 2 N–H and O–H groups in total. The first-order chi connectivity index (χ1) is 12.1. The van der Waals surface area contributed by atoms with E-state index < -0.39 is 5.92 Å². The summed E-state index contributed by atoms with van der Waals surface area (Å²) in [5.74, 6) is 0.501. The van der Waals surface area contributed by atoms with Crippen LogP contribution in [0.1, 0.15) is 23.5 Å². The van der Waals surface area contributed by atoms with E-state index in [-0.39, 0.29) is 18.2 Å². The van der Waals surface area contributed by atoms with Crippen LogP contribution in [0.25, 0.3) is 0 Å². The average Bonchev–Trinajstić information content (AvgIpc) is 2.65. The Morgan fingerprint density at radius 1 is 1.20 bits per heavy atom. The van der Waals surface area contributed by atoms with Crippen molar-refractivity contribution in [3.05, 3.63) is 53.6 Å². The second-order valence-electron chi connectivity index (χ2n) is 5.79. The second-order valence-corrected chi connectivity index (χ2v) is 5.79. The summed E-state index contributed by atoms with van der Waals surface area (Å²) in [5, 5.41) is 5.70. The van der Waals surface area contributed by atoms with E-state index in [0.717, 1.165) is 11.1 Å². The molecule has 6 heteroatoms. The van der Waals surface area contributed by atoms with Gasteiger partial charge >= 0.3 is 0 Å². The zero-order valence-electron chi connectivity index (χ0n) is 14.2. The summed E-state index contributed by atoms with van der Waals surface area (Å²) in [6, 6.07) is 12.8. The highest BCUT2D eigenvalue weighted by Crippen LogP contribution is 2.32. The Hall–Kier alpha value is -3.02. The highest BCUT2D eigenvalue weighted by molar-refractivity contribution is 6.01. The van der Waals surface area contributed by atoms with Crippen LogP contribution in [0.2, 0.25) is 0 Å². The number of amides is 2. The number of anilines is 1. The third-order valence-electron chi connectivity index (χ3n) is 4.26. The van der Waals surface area contributed by atoms with Gasteiger partial charge in [0.25, 0.3) is 0 Å². The largest absolute Gasteiger partial charge is 0.497 e. The molecule has 1 aliphatic heterocycles. The molecule has 0 bridgehead atoms. The van der Waals surface area contributed by atoms with Gasteiger partial charge in [0.2, 0.25) is 11.8 Å². The standard InChI is InChI=1S/C19H20N2O4/c1-24-13-8-7-12(17(9-13)25-2)11-20-19(23)15-10-18(22)21-16-6-4-3-5-14(15)16/h3-9,15H,10-11H2,1-2H3,(H,20,23)(H,21,22)/t15-/m1/s1. The monoisotopic (exact) mass is 340 g/mol. The summed E-state index contributed by atoms with van der Waals surface area (Å²) in [7, 11) is 3.16. The molecule has 0 saturated carbocycles. The Labute approximate surface area is 146 Å². The van der Waals surface area contributed by atoms with Crippen LogP contribution < -0.4 is 20.1 Å². The van der Waals surface area contributed by atoms with E-state index in [1.807, 2.05) is 30.3 Å². The van der Waals surface area contributed by atoms with Crippen molar-refractivity contribution in [1.82, 2.24) is 5.32 Å². The lowest BCUT2D eigenvalue weighted by Gasteiger charge is -2.24. The predicted molar refractivity (Wildman–Crippen MR) is 93.8 cm³/mol. The minimum atomic E-state index is -0.491. The third-order valence-corrected chi connectivity index (χ3v) is 4.26. The van der Waals surface area contributed by atoms with Gasteiger partial charge < -0.3 is 20.1 Å². The van der Waals surface area contributed by atoms with Crippen molar-refractivity contribution in [1.29, 1.82) is 0 Å². The SMILES string of the molecule is COc1ccc(CNC(=O)[C@@H]2CC(=O)Nc3ccccc32)c(OC)c1. The van der Waals surface area contributed by atoms with Crippen LogP contribution in [0, 0.1) is 0 Å². The topological polar surface area (TPSA) is 76.7 Å². The molecule has 2 aromatic rings. The lowest BCUT2D eigenvalue weighted by Crippen LogP contribution is -2.34. The number of carbonyl (C=O) groups is 2. The number of rotatable bonds is 5. The number of carbonyl (C=O) groups excluding carboxylic acids is 2. The quantitative estimate of drug-likeness (QED) is 0.876. The molecular weight excluding hydrogens is 320 g/mol. The van der Waals surface area contributed by atoms with Gasteiger partial charge in [-0.25, -0.2) is 0 Å². The van der Waals surface area contributed by atoms with Gasteiger partial charge in [0.15, 0.2) is 0 Å².